The number of alkyl halides is 3. The minimum atomic E-state index is -4.59. The zero-order valence-electron chi connectivity index (χ0n) is 17.4. The first-order valence-electron chi connectivity index (χ1n) is 9.52. The van der Waals surface area contributed by atoms with Crippen LogP contribution < -0.4 is 10.5 Å². The molecule has 3 rings (SSSR count). The zero-order chi connectivity index (χ0) is 24.3. The molecule has 2 heterocycles. The number of nitriles is 1. The molecular formula is C22H17ClF3N3O4. The molecule has 0 spiro atoms. The second-order valence-corrected chi connectivity index (χ2v) is 7.20. The fourth-order valence-corrected chi connectivity index (χ4v) is 3.39. The summed E-state index contributed by atoms with van der Waals surface area (Å²) in [5.41, 5.74) is 5.53. The van der Waals surface area contributed by atoms with Gasteiger partial charge in [-0.05, 0) is 37.6 Å². The van der Waals surface area contributed by atoms with Crippen molar-refractivity contribution < 1.29 is 32.2 Å². The maximum absolute atomic E-state index is 12.8. The van der Waals surface area contributed by atoms with Crippen molar-refractivity contribution in [1.29, 1.82) is 5.26 Å². The Kier molecular flexibility index (Phi) is 6.84. The van der Waals surface area contributed by atoms with E-state index in [2.05, 4.69) is 4.98 Å². The van der Waals surface area contributed by atoms with Crippen molar-refractivity contribution in [3.8, 4) is 17.7 Å². The van der Waals surface area contributed by atoms with Gasteiger partial charge in [0, 0.05) is 6.20 Å². The second-order valence-electron chi connectivity index (χ2n) is 6.79. The predicted octanol–water partition coefficient (Wildman–Crippen LogP) is 5.19. The molecule has 2 aromatic rings. The number of halogens is 4. The van der Waals surface area contributed by atoms with Gasteiger partial charge in [-0.2, -0.15) is 18.4 Å². The smallest absolute Gasteiger partial charge is 0.417 e. The second kappa shape index (κ2) is 9.42. The minimum absolute atomic E-state index is 0.0322. The minimum Gasteiger partial charge on any atom is -0.463 e. The van der Waals surface area contributed by atoms with Gasteiger partial charge in [0.1, 0.15) is 28.2 Å². The molecule has 0 amide bonds. The van der Waals surface area contributed by atoms with Crippen LogP contribution in [-0.2, 0) is 20.4 Å². The Balaban J connectivity index is 1.92. The van der Waals surface area contributed by atoms with Crippen LogP contribution in [0, 0.1) is 11.3 Å². The van der Waals surface area contributed by atoms with Crippen LogP contribution in [0.1, 0.15) is 30.9 Å². The number of carbonyl (C=O) groups excluding carboxylic acids is 1. The van der Waals surface area contributed by atoms with Gasteiger partial charge in [-0.25, -0.2) is 9.78 Å². The summed E-state index contributed by atoms with van der Waals surface area (Å²) >= 11 is 5.88. The van der Waals surface area contributed by atoms with Crippen molar-refractivity contribution in [2.45, 2.75) is 25.9 Å². The van der Waals surface area contributed by atoms with Crippen LogP contribution in [0.2, 0.25) is 5.02 Å². The Morgan fingerprint density at radius 1 is 1.33 bits per heavy atom. The molecule has 33 heavy (non-hydrogen) atoms. The monoisotopic (exact) mass is 479 g/mol. The first-order chi connectivity index (χ1) is 15.6. The third kappa shape index (κ3) is 5.04. The number of rotatable bonds is 5. The van der Waals surface area contributed by atoms with E-state index in [1.807, 2.05) is 6.07 Å². The molecule has 1 aromatic carbocycles. The number of benzene rings is 1. The lowest BCUT2D eigenvalue weighted by Gasteiger charge is -2.26. The maximum atomic E-state index is 12.8. The van der Waals surface area contributed by atoms with Gasteiger partial charge in [0.05, 0.1) is 23.7 Å². The largest absolute Gasteiger partial charge is 0.463 e. The number of nitrogens with zero attached hydrogens (tertiary/aromatic N) is 2. The number of pyridine rings is 1. The number of ether oxygens (including phenoxy) is 3. The molecule has 0 bridgehead atoms. The SMILES string of the molecule is CCOC(=O)C1=C(C)OC(N)=C(C#N)C1c1ccc(Oc2ncc(C(F)(F)F)cc2Cl)cc1. The van der Waals surface area contributed by atoms with E-state index < -0.39 is 23.6 Å². The lowest BCUT2D eigenvalue weighted by atomic mass is 9.83. The quantitative estimate of drug-likeness (QED) is 0.588. The fourth-order valence-electron chi connectivity index (χ4n) is 3.18. The third-order valence-corrected chi connectivity index (χ3v) is 4.93. The van der Waals surface area contributed by atoms with E-state index in [1.165, 1.54) is 19.1 Å². The third-order valence-electron chi connectivity index (χ3n) is 4.66. The topological polar surface area (TPSA) is 107 Å². The maximum Gasteiger partial charge on any atom is 0.417 e. The molecule has 0 saturated heterocycles. The van der Waals surface area contributed by atoms with Gasteiger partial charge in [0.15, 0.2) is 0 Å². The van der Waals surface area contributed by atoms with Crippen molar-refractivity contribution >= 4 is 17.6 Å². The molecule has 1 aliphatic rings. The van der Waals surface area contributed by atoms with Crippen LogP contribution in [-0.4, -0.2) is 17.6 Å². The number of carbonyl (C=O) groups is 1. The van der Waals surface area contributed by atoms with E-state index in [4.69, 9.17) is 31.5 Å². The van der Waals surface area contributed by atoms with Gasteiger partial charge in [0.25, 0.3) is 0 Å². The van der Waals surface area contributed by atoms with E-state index in [-0.39, 0.29) is 46.0 Å². The van der Waals surface area contributed by atoms with Crippen molar-refractivity contribution in [3.63, 3.8) is 0 Å². The number of nitrogens with two attached hydrogens (primary N) is 1. The fraction of sp³-hybridized carbons (Fsp3) is 0.227. The molecule has 0 radical (unpaired) electrons. The summed E-state index contributed by atoms with van der Waals surface area (Å²) in [4.78, 5) is 16.2. The Bertz CT molecular complexity index is 1180. The summed E-state index contributed by atoms with van der Waals surface area (Å²) in [6, 6.07) is 8.80. The van der Waals surface area contributed by atoms with Gasteiger partial charge >= 0.3 is 12.1 Å². The molecule has 0 saturated carbocycles. The first-order valence-corrected chi connectivity index (χ1v) is 9.90. The molecule has 1 aromatic heterocycles. The first kappa shape index (κ1) is 23.9. The number of aromatic nitrogens is 1. The molecule has 2 N–H and O–H groups in total. The van der Waals surface area contributed by atoms with E-state index in [0.29, 0.717) is 17.8 Å². The van der Waals surface area contributed by atoms with E-state index >= 15 is 0 Å². The molecule has 7 nitrogen and oxygen atoms in total. The van der Waals surface area contributed by atoms with Crippen LogP contribution in [0.25, 0.3) is 0 Å². The number of hydrogen-bond donors (Lipinski definition) is 1. The lowest BCUT2D eigenvalue weighted by Crippen LogP contribution is -2.25. The Hall–Kier alpha value is -3.71. The standard InChI is InChI=1S/C22H17ClF3N3O4/c1-3-31-21(30)17-11(2)32-19(28)15(9-27)18(17)12-4-6-14(7-5-12)33-20-16(23)8-13(10-29-20)22(24,25)26/h4-8,10,18H,3,28H2,1-2H3. The molecule has 11 heteroatoms. The van der Waals surface area contributed by atoms with Gasteiger partial charge < -0.3 is 19.9 Å². The Labute approximate surface area is 191 Å². The predicted molar refractivity (Wildman–Crippen MR) is 111 cm³/mol. The number of hydrogen-bond acceptors (Lipinski definition) is 7. The van der Waals surface area contributed by atoms with E-state index in [1.54, 1.807) is 19.1 Å². The molecule has 1 aliphatic heterocycles. The van der Waals surface area contributed by atoms with Crippen molar-refractivity contribution in [3.05, 3.63) is 75.5 Å². The summed E-state index contributed by atoms with van der Waals surface area (Å²) in [5, 5.41) is 9.28. The van der Waals surface area contributed by atoms with Gasteiger partial charge in [-0.1, -0.05) is 23.7 Å². The van der Waals surface area contributed by atoms with Crippen molar-refractivity contribution in [2.75, 3.05) is 6.61 Å². The summed E-state index contributed by atoms with van der Waals surface area (Å²) < 4.78 is 54.3. The van der Waals surface area contributed by atoms with Gasteiger partial charge in [0.2, 0.25) is 11.8 Å². The zero-order valence-corrected chi connectivity index (χ0v) is 18.1. The van der Waals surface area contributed by atoms with Gasteiger partial charge in [-0.15, -0.1) is 0 Å². The highest BCUT2D eigenvalue weighted by Crippen LogP contribution is 2.40. The summed E-state index contributed by atoms with van der Waals surface area (Å²) in [5.74, 6) is -1.42. The van der Waals surface area contributed by atoms with Crippen molar-refractivity contribution in [1.82, 2.24) is 4.98 Å². The van der Waals surface area contributed by atoms with E-state index in [0.717, 1.165) is 0 Å². The molecule has 172 valence electrons. The molecule has 0 aliphatic carbocycles. The number of esters is 1. The van der Waals surface area contributed by atoms with Crippen LogP contribution in [0.4, 0.5) is 13.2 Å². The van der Waals surface area contributed by atoms with Crippen LogP contribution >= 0.6 is 11.6 Å². The van der Waals surface area contributed by atoms with E-state index in [9.17, 15) is 23.2 Å². The Morgan fingerprint density at radius 2 is 2.00 bits per heavy atom. The summed E-state index contributed by atoms with van der Waals surface area (Å²) in [6.07, 6.45) is -3.97. The highest BCUT2D eigenvalue weighted by Gasteiger charge is 2.36. The van der Waals surface area contributed by atoms with Crippen LogP contribution in [0.5, 0.6) is 11.6 Å². The average Bonchev–Trinajstić information content (AvgIpc) is 2.74. The molecular weight excluding hydrogens is 463 g/mol. The summed E-state index contributed by atoms with van der Waals surface area (Å²) in [6.45, 7) is 3.31. The van der Waals surface area contributed by atoms with Gasteiger partial charge in [-0.3, -0.25) is 0 Å². The number of allylic oxidation sites excluding steroid dienone is 2. The Morgan fingerprint density at radius 3 is 2.55 bits per heavy atom. The lowest BCUT2D eigenvalue weighted by molar-refractivity contribution is -0.139. The molecule has 1 unspecified atom stereocenters. The molecule has 1 atom stereocenters. The average molecular weight is 480 g/mol. The normalized spacial score (nSPS) is 16.2. The molecule has 0 fully saturated rings. The van der Waals surface area contributed by atoms with Crippen LogP contribution in [0.3, 0.4) is 0 Å². The highest BCUT2D eigenvalue weighted by molar-refractivity contribution is 6.31. The highest BCUT2D eigenvalue weighted by atomic mass is 35.5. The summed E-state index contributed by atoms with van der Waals surface area (Å²) in [7, 11) is 0. The van der Waals surface area contributed by atoms with Crippen LogP contribution in [0.15, 0.2) is 59.3 Å². The van der Waals surface area contributed by atoms with Crippen molar-refractivity contribution in [2.24, 2.45) is 5.73 Å².